The van der Waals surface area contributed by atoms with Gasteiger partial charge in [0.2, 0.25) is 0 Å². The topological polar surface area (TPSA) is 62.3 Å². The molecule has 0 bridgehead atoms. The van der Waals surface area contributed by atoms with Crippen LogP contribution in [0.3, 0.4) is 0 Å². The van der Waals surface area contributed by atoms with E-state index in [9.17, 15) is 9.59 Å². The first-order valence-corrected chi connectivity index (χ1v) is 9.95. The zero-order chi connectivity index (χ0) is 18.2. The highest BCUT2D eigenvalue weighted by atomic mass is 16.2. The number of carbonyl (C=O) groups is 2. The van der Waals surface area contributed by atoms with E-state index in [0.29, 0.717) is 17.8 Å². The largest absolute Gasteiger partial charge is 0.350 e. The van der Waals surface area contributed by atoms with Crippen molar-refractivity contribution in [1.82, 2.24) is 15.2 Å². The molecule has 1 fully saturated rings. The van der Waals surface area contributed by atoms with E-state index in [1.54, 1.807) is 18.3 Å². The third kappa shape index (κ3) is 5.16. The second-order valence-electron chi connectivity index (χ2n) is 7.25. The van der Waals surface area contributed by atoms with Gasteiger partial charge in [0, 0.05) is 31.4 Å². The number of nitrogens with zero attached hydrogens (tertiary/aromatic N) is 2. The van der Waals surface area contributed by atoms with Crippen molar-refractivity contribution in [1.29, 1.82) is 0 Å². The highest BCUT2D eigenvalue weighted by molar-refractivity contribution is 5.98. The molecule has 5 nitrogen and oxygen atoms in total. The lowest BCUT2D eigenvalue weighted by Crippen LogP contribution is -2.32. The first-order valence-electron chi connectivity index (χ1n) is 9.95. The molecule has 3 rings (SSSR count). The Morgan fingerprint density at radius 2 is 1.88 bits per heavy atom. The number of carbonyl (C=O) groups excluding carboxylic acids is 2. The summed E-state index contributed by atoms with van der Waals surface area (Å²) in [5.41, 5.74) is 2.32. The molecule has 5 heteroatoms. The lowest BCUT2D eigenvalue weighted by atomic mass is 9.97. The average Bonchev–Trinajstić information content (AvgIpc) is 2.98. The molecule has 0 aromatic carbocycles. The summed E-state index contributed by atoms with van der Waals surface area (Å²) in [5, 5.41) is 2.93. The maximum Gasteiger partial charge on any atom is 0.269 e. The summed E-state index contributed by atoms with van der Waals surface area (Å²) in [7, 11) is 0. The number of hydrogen-bond acceptors (Lipinski definition) is 3. The van der Waals surface area contributed by atoms with Gasteiger partial charge in [-0.15, -0.1) is 0 Å². The van der Waals surface area contributed by atoms with Crippen LogP contribution >= 0.6 is 0 Å². The Labute approximate surface area is 155 Å². The fourth-order valence-corrected chi connectivity index (χ4v) is 3.70. The number of aromatic nitrogens is 1. The lowest BCUT2D eigenvalue weighted by Gasteiger charge is -2.20. The summed E-state index contributed by atoms with van der Waals surface area (Å²) in [6, 6.07) is 3.33. The van der Waals surface area contributed by atoms with Crippen molar-refractivity contribution in [2.24, 2.45) is 0 Å². The van der Waals surface area contributed by atoms with Gasteiger partial charge in [-0.2, -0.15) is 0 Å². The van der Waals surface area contributed by atoms with Gasteiger partial charge in [-0.25, -0.2) is 0 Å². The molecule has 0 atom stereocenters. The molecule has 2 aliphatic rings. The Morgan fingerprint density at radius 3 is 2.62 bits per heavy atom. The summed E-state index contributed by atoms with van der Waals surface area (Å²) in [5.74, 6) is -0.192. The minimum Gasteiger partial charge on any atom is -0.350 e. The number of pyridine rings is 1. The van der Waals surface area contributed by atoms with Crippen molar-refractivity contribution in [3.63, 3.8) is 0 Å². The Kier molecular flexibility index (Phi) is 6.81. The molecule has 1 aliphatic heterocycles. The van der Waals surface area contributed by atoms with Crippen molar-refractivity contribution < 1.29 is 9.59 Å². The summed E-state index contributed by atoms with van der Waals surface area (Å²) >= 11 is 0. The van der Waals surface area contributed by atoms with E-state index in [1.165, 1.54) is 31.3 Å². The van der Waals surface area contributed by atoms with E-state index in [1.807, 2.05) is 4.90 Å². The van der Waals surface area contributed by atoms with Crippen LogP contribution in [0.2, 0.25) is 0 Å². The van der Waals surface area contributed by atoms with Gasteiger partial charge in [0.25, 0.3) is 11.8 Å². The van der Waals surface area contributed by atoms with Crippen LogP contribution in [0.25, 0.3) is 0 Å². The molecule has 1 N–H and O–H groups in total. The molecule has 1 aromatic rings. The van der Waals surface area contributed by atoms with E-state index in [-0.39, 0.29) is 11.8 Å². The van der Waals surface area contributed by atoms with E-state index in [4.69, 9.17) is 0 Å². The summed E-state index contributed by atoms with van der Waals surface area (Å²) in [4.78, 5) is 31.1. The number of amides is 2. The fraction of sp³-hybridized carbons (Fsp3) is 0.571. The zero-order valence-electron chi connectivity index (χ0n) is 15.5. The first-order chi connectivity index (χ1) is 12.7. The van der Waals surface area contributed by atoms with Crippen LogP contribution in [0.5, 0.6) is 0 Å². The second kappa shape index (κ2) is 9.51. The standard InChI is InChI=1S/C21H29N3O2/c25-20(23-12-10-17-8-4-3-5-9-17)19-16-18(11-13-22-19)21(26)24-14-6-1-2-7-15-24/h8,11,13,16H,1-7,9-10,12,14-15H2,(H,23,25). The van der Waals surface area contributed by atoms with Gasteiger partial charge in [-0.1, -0.05) is 24.5 Å². The molecule has 0 saturated carbocycles. The van der Waals surface area contributed by atoms with Crippen molar-refractivity contribution in [3.8, 4) is 0 Å². The molecule has 0 spiro atoms. The van der Waals surface area contributed by atoms with E-state index in [0.717, 1.165) is 45.2 Å². The van der Waals surface area contributed by atoms with Gasteiger partial charge in [0.15, 0.2) is 0 Å². The van der Waals surface area contributed by atoms with E-state index in [2.05, 4.69) is 16.4 Å². The van der Waals surface area contributed by atoms with Gasteiger partial charge in [-0.3, -0.25) is 14.6 Å². The fourth-order valence-electron chi connectivity index (χ4n) is 3.70. The average molecular weight is 355 g/mol. The lowest BCUT2D eigenvalue weighted by molar-refractivity contribution is 0.0761. The van der Waals surface area contributed by atoms with Crippen LogP contribution in [0.4, 0.5) is 0 Å². The van der Waals surface area contributed by atoms with Gasteiger partial charge >= 0.3 is 0 Å². The van der Waals surface area contributed by atoms with Crippen molar-refractivity contribution in [2.75, 3.05) is 19.6 Å². The molecular weight excluding hydrogens is 326 g/mol. The second-order valence-corrected chi connectivity index (χ2v) is 7.25. The predicted octanol–water partition coefficient (Wildman–Crippen LogP) is 3.72. The maximum atomic E-state index is 12.7. The Balaban J connectivity index is 1.56. The van der Waals surface area contributed by atoms with Gasteiger partial charge in [0.1, 0.15) is 5.69 Å². The first kappa shape index (κ1) is 18.6. The SMILES string of the molecule is O=C(NCCC1=CCCCC1)c1cc(C(=O)N2CCCCCC2)ccn1. The molecule has 140 valence electrons. The number of likely N-dealkylation sites (tertiary alicyclic amines) is 1. The quantitative estimate of drug-likeness (QED) is 0.819. The summed E-state index contributed by atoms with van der Waals surface area (Å²) < 4.78 is 0. The van der Waals surface area contributed by atoms with Gasteiger partial charge in [0.05, 0.1) is 0 Å². The minimum atomic E-state index is -0.202. The molecule has 2 amide bonds. The number of rotatable bonds is 5. The van der Waals surface area contributed by atoms with Crippen LogP contribution in [-0.4, -0.2) is 41.3 Å². The third-order valence-electron chi connectivity index (χ3n) is 5.25. The highest BCUT2D eigenvalue weighted by Crippen LogP contribution is 2.19. The van der Waals surface area contributed by atoms with Crippen molar-refractivity contribution in [3.05, 3.63) is 41.2 Å². The van der Waals surface area contributed by atoms with E-state index < -0.39 is 0 Å². The normalized spacial score (nSPS) is 18.0. The maximum absolute atomic E-state index is 12.7. The van der Waals surface area contributed by atoms with Crippen LogP contribution in [0.1, 0.15) is 78.6 Å². The molecular formula is C21H29N3O2. The van der Waals surface area contributed by atoms with Crippen LogP contribution < -0.4 is 5.32 Å². The molecule has 1 saturated heterocycles. The molecule has 26 heavy (non-hydrogen) atoms. The molecule has 0 radical (unpaired) electrons. The molecule has 0 unspecified atom stereocenters. The zero-order valence-corrected chi connectivity index (χ0v) is 15.5. The smallest absolute Gasteiger partial charge is 0.269 e. The van der Waals surface area contributed by atoms with E-state index >= 15 is 0 Å². The van der Waals surface area contributed by atoms with Crippen LogP contribution in [0.15, 0.2) is 30.0 Å². The Morgan fingerprint density at radius 1 is 1.08 bits per heavy atom. The van der Waals surface area contributed by atoms with Crippen LogP contribution in [0, 0.1) is 0 Å². The van der Waals surface area contributed by atoms with Crippen molar-refractivity contribution in [2.45, 2.75) is 57.8 Å². The Bertz CT molecular complexity index is 661. The number of allylic oxidation sites excluding steroid dienone is 1. The minimum absolute atomic E-state index is 0.00992. The number of nitrogens with one attached hydrogen (secondary N) is 1. The molecule has 1 aliphatic carbocycles. The third-order valence-corrected chi connectivity index (χ3v) is 5.25. The summed E-state index contributed by atoms with van der Waals surface area (Å²) in [6.07, 6.45) is 14.1. The number of hydrogen-bond donors (Lipinski definition) is 1. The highest BCUT2D eigenvalue weighted by Gasteiger charge is 2.19. The van der Waals surface area contributed by atoms with Crippen molar-refractivity contribution >= 4 is 11.8 Å². The van der Waals surface area contributed by atoms with Crippen LogP contribution in [-0.2, 0) is 0 Å². The molecule has 1 aromatic heterocycles. The summed E-state index contributed by atoms with van der Waals surface area (Å²) in [6.45, 7) is 2.23. The Hall–Kier alpha value is -2.17. The molecule has 2 heterocycles. The van der Waals surface area contributed by atoms with Gasteiger partial charge < -0.3 is 10.2 Å². The predicted molar refractivity (Wildman–Crippen MR) is 102 cm³/mol. The monoisotopic (exact) mass is 355 g/mol. The van der Waals surface area contributed by atoms with Gasteiger partial charge in [-0.05, 0) is 57.1 Å².